The number of ether oxygens (including phenoxy) is 1. The van der Waals surface area contributed by atoms with Gasteiger partial charge >= 0.3 is 6.36 Å². The number of aryl methyl sites for hydroxylation is 1. The van der Waals surface area contributed by atoms with Crippen LogP contribution in [0.15, 0.2) is 72.9 Å². The van der Waals surface area contributed by atoms with Crippen molar-refractivity contribution in [1.82, 2.24) is 14.8 Å². The lowest BCUT2D eigenvalue weighted by Gasteiger charge is -2.18. The van der Waals surface area contributed by atoms with Crippen molar-refractivity contribution in [2.45, 2.75) is 32.4 Å². The minimum absolute atomic E-state index is 0.238. The SMILES string of the molecule is CN(CCNCc1ccc2c(c1)c(-c1ccc(OC(F)(F)F)cc1)cn2CCCN)Cc1ccccc1Cl. The Balaban J connectivity index is 1.45. The number of likely N-dealkylation sites (N-methyl/N-ethyl adjacent to an activating group) is 1. The molecular formula is C29H32ClF3N4O. The third-order valence-electron chi connectivity index (χ3n) is 6.35. The van der Waals surface area contributed by atoms with Crippen LogP contribution in [0, 0.1) is 0 Å². The number of fused-ring (bicyclic) bond motifs is 1. The molecule has 202 valence electrons. The number of nitrogens with one attached hydrogen (secondary N) is 1. The summed E-state index contributed by atoms with van der Waals surface area (Å²) in [4.78, 5) is 2.22. The summed E-state index contributed by atoms with van der Waals surface area (Å²) in [6, 6.07) is 20.2. The minimum Gasteiger partial charge on any atom is -0.406 e. The fourth-order valence-electron chi connectivity index (χ4n) is 4.47. The molecule has 0 spiro atoms. The fraction of sp³-hybridized carbons (Fsp3) is 0.310. The maximum absolute atomic E-state index is 12.6. The van der Waals surface area contributed by atoms with E-state index in [2.05, 4.69) is 44.8 Å². The number of aromatic nitrogens is 1. The van der Waals surface area contributed by atoms with Gasteiger partial charge in [-0.05, 0) is 67.0 Å². The second-order valence-electron chi connectivity index (χ2n) is 9.31. The number of hydrogen-bond acceptors (Lipinski definition) is 4. The summed E-state index contributed by atoms with van der Waals surface area (Å²) in [5, 5.41) is 5.32. The molecule has 0 unspecified atom stereocenters. The van der Waals surface area contributed by atoms with Crippen LogP contribution in [0.4, 0.5) is 13.2 Å². The van der Waals surface area contributed by atoms with Crippen LogP contribution in [-0.4, -0.2) is 42.5 Å². The molecule has 4 aromatic rings. The van der Waals surface area contributed by atoms with Crippen molar-refractivity contribution in [2.75, 3.05) is 26.7 Å². The predicted molar refractivity (Wildman–Crippen MR) is 147 cm³/mol. The highest BCUT2D eigenvalue weighted by Gasteiger charge is 2.31. The van der Waals surface area contributed by atoms with Gasteiger partial charge in [0, 0.05) is 60.4 Å². The fourth-order valence-corrected chi connectivity index (χ4v) is 4.66. The molecule has 0 fully saturated rings. The van der Waals surface area contributed by atoms with Crippen molar-refractivity contribution in [1.29, 1.82) is 0 Å². The van der Waals surface area contributed by atoms with Crippen molar-refractivity contribution in [3.63, 3.8) is 0 Å². The van der Waals surface area contributed by atoms with Crippen LogP contribution < -0.4 is 15.8 Å². The van der Waals surface area contributed by atoms with E-state index in [-0.39, 0.29) is 5.75 Å². The lowest BCUT2D eigenvalue weighted by Crippen LogP contribution is -2.28. The van der Waals surface area contributed by atoms with E-state index in [1.165, 1.54) is 12.1 Å². The molecule has 4 rings (SSSR count). The maximum Gasteiger partial charge on any atom is 0.573 e. The summed E-state index contributed by atoms with van der Waals surface area (Å²) >= 11 is 6.28. The highest BCUT2D eigenvalue weighted by Crippen LogP contribution is 2.33. The summed E-state index contributed by atoms with van der Waals surface area (Å²) in [6.07, 6.45) is -1.85. The molecule has 5 nitrogen and oxygen atoms in total. The van der Waals surface area contributed by atoms with Crippen LogP contribution in [0.5, 0.6) is 5.75 Å². The zero-order valence-corrected chi connectivity index (χ0v) is 22.0. The Hall–Kier alpha value is -3.04. The largest absolute Gasteiger partial charge is 0.573 e. The molecule has 0 amide bonds. The van der Waals surface area contributed by atoms with Gasteiger partial charge in [-0.25, -0.2) is 0 Å². The zero-order chi connectivity index (χ0) is 27.1. The molecule has 0 aliphatic rings. The normalized spacial score (nSPS) is 12.0. The quantitative estimate of drug-likeness (QED) is 0.202. The first-order chi connectivity index (χ1) is 18.2. The van der Waals surface area contributed by atoms with Crippen molar-refractivity contribution in [3.8, 4) is 16.9 Å². The highest BCUT2D eigenvalue weighted by atomic mass is 35.5. The molecule has 9 heteroatoms. The maximum atomic E-state index is 12.6. The molecule has 0 radical (unpaired) electrons. The Morgan fingerprint density at radius 3 is 2.53 bits per heavy atom. The van der Waals surface area contributed by atoms with Gasteiger partial charge in [0.1, 0.15) is 5.75 Å². The summed E-state index contributed by atoms with van der Waals surface area (Å²) < 4.78 is 43.9. The van der Waals surface area contributed by atoms with E-state index in [4.69, 9.17) is 17.3 Å². The van der Waals surface area contributed by atoms with Gasteiger partial charge in [0.25, 0.3) is 0 Å². The van der Waals surface area contributed by atoms with Crippen LogP contribution in [0.1, 0.15) is 17.5 Å². The standard InChI is InChI=1S/C29H32ClF3N4O/c1-36(19-23-5-2-3-6-27(23)30)16-14-35-18-21-7-12-28-25(17-21)26(20-37(28)15-4-13-34)22-8-10-24(11-9-22)38-29(31,32)33/h2-3,5-12,17,20,35H,4,13-16,18-19,34H2,1H3. The van der Waals surface area contributed by atoms with Gasteiger partial charge in [-0.2, -0.15) is 0 Å². The number of nitrogens with two attached hydrogens (primary N) is 1. The molecule has 0 aliphatic carbocycles. The van der Waals surface area contributed by atoms with Crippen LogP contribution in [0.2, 0.25) is 5.02 Å². The first-order valence-corrected chi connectivity index (χ1v) is 12.9. The predicted octanol–water partition coefficient (Wildman–Crippen LogP) is 6.43. The molecule has 3 aromatic carbocycles. The van der Waals surface area contributed by atoms with Gasteiger partial charge < -0.3 is 25.3 Å². The van der Waals surface area contributed by atoms with Gasteiger partial charge in [-0.1, -0.05) is 48.0 Å². The number of nitrogens with zero attached hydrogens (tertiary/aromatic N) is 2. The van der Waals surface area contributed by atoms with Crippen molar-refractivity contribution in [3.05, 3.63) is 89.1 Å². The van der Waals surface area contributed by atoms with Gasteiger partial charge in [0.05, 0.1) is 0 Å². The average Bonchev–Trinajstić information content (AvgIpc) is 3.24. The van der Waals surface area contributed by atoms with E-state index in [1.54, 1.807) is 12.1 Å². The number of rotatable bonds is 12. The van der Waals surface area contributed by atoms with Gasteiger partial charge in [-0.15, -0.1) is 13.2 Å². The molecule has 1 aromatic heterocycles. The van der Waals surface area contributed by atoms with Crippen LogP contribution in [0.3, 0.4) is 0 Å². The number of benzene rings is 3. The topological polar surface area (TPSA) is 55.5 Å². The Labute approximate surface area is 225 Å². The lowest BCUT2D eigenvalue weighted by atomic mass is 10.0. The van der Waals surface area contributed by atoms with Crippen molar-refractivity contribution in [2.24, 2.45) is 5.73 Å². The summed E-state index contributed by atoms with van der Waals surface area (Å²) in [5.74, 6) is -0.238. The minimum atomic E-state index is -4.72. The summed E-state index contributed by atoms with van der Waals surface area (Å²) in [7, 11) is 2.07. The monoisotopic (exact) mass is 544 g/mol. The van der Waals surface area contributed by atoms with E-state index in [9.17, 15) is 13.2 Å². The smallest absolute Gasteiger partial charge is 0.406 e. The molecule has 0 atom stereocenters. The van der Waals surface area contributed by atoms with E-state index in [0.717, 1.165) is 70.8 Å². The number of halogens is 4. The lowest BCUT2D eigenvalue weighted by molar-refractivity contribution is -0.274. The van der Waals surface area contributed by atoms with Crippen LogP contribution in [-0.2, 0) is 19.6 Å². The second kappa shape index (κ2) is 12.7. The van der Waals surface area contributed by atoms with E-state index in [0.29, 0.717) is 13.1 Å². The number of alkyl halides is 3. The Bertz CT molecular complexity index is 1340. The van der Waals surface area contributed by atoms with E-state index >= 15 is 0 Å². The first-order valence-electron chi connectivity index (χ1n) is 12.5. The molecule has 0 saturated heterocycles. The van der Waals surface area contributed by atoms with Gasteiger partial charge in [-0.3, -0.25) is 0 Å². The third-order valence-corrected chi connectivity index (χ3v) is 6.71. The molecule has 0 bridgehead atoms. The Morgan fingerprint density at radius 1 is 1.05 bits per heavy atom. The van der Waals surface area contributed by atoms with E-state index in [1.807, 2.05) is 30.5 Å². The third kappa shape index (κ3) is 7.51. The highest BCUT2D eigenvalue weighted by molar-refractivity contribution is 6.31. The average molecular weight is 545 g/mol. The molecular weight excluding hydrogens is 513 g/mol. The summed E-state index contributed by atoms with van der Waals surface area (Å²) in [6.45, 7) is 4.48. The van der Waals surface area contributed by atoms with Crippen LogP contribution in [0.25, 0.3) is 22.0 Å². The Morgan fingerprint density at radius 2 is 1.82 bits per heavy atom. The number of hydrogen-bond donors (Lipinski definition) is 2. The molecule has 1 heterocycles. The zero-order valence-electron chi connectivity index (χ0n) is 21.3. The molecule has 0 saturated carbocycles. The Kier molecular flexibility index (Phi) is 9.33. The van der Waals surface area contributed by atoms with Gasteiger partial charge in [0.2, 0.25) is 0 Å². The first kappa shape index (κ1) is 28.0. The van der Waals surface area contributed by atoms with E-state index < -0.39 is 6.36 Å². The molecule has 38 heavy (non-hydrogen) atoms. The molecule has 0 aliphatic heterocycles. The van der Waals surface area contributed by atoms with Gasteiger partial charge in [0.15, 0.2) is 0 Å². The van der Waals surface area contributed by atoms with Crippen molar-refractivity contribution >= 4 is 22.5 Å². The second-order valence-corrected chi connectivity index (χ2v) is 9.72. The summed E-state index contributed by atoms with van der Waals surface area (Å²) in [5.41, 5.74) is 10.8. The van der Waals surface area contributed by atoms with Crippen molar-refractivity contribution < 1.29 is 17.9 Å². The van der Waals surface area contributed by atoms with Crippen LogP contribution >= 0.6 is 11.6 Å². The molecule has 3 N–H and O–H groups in total.